The Hall–Kier alpha value is -2.97. The van der Waals surface area contributed by atoms with E-state index in [9.17, 15) is 13.8 Å². The largest absolute Gasteiger partial charge is 0.325 e. The van der Waals surface area contributed by atoms with Crippen LogP contribution < -0.4 is 5.32 Å². The SMILES string of the molecule is C=CC1=C(N(Cc2ccccn2)C(C)=O)N(S(=O)c2ccc(NC(C)=O)c(Cl)c2)[C@H]1CCCC. The molecule has 1 N–H and O–H groups in total. The van der Waals surface area contributed by atoms with E-state index in [0.29, 0.717) is 16.4 Å². The molecule has 0 spiro atoms. The summed E-state index contributed by atoms with van der Waals surface area (Å²) in [6.07, 6.45) is 6.12. The molecule has 9 heteroatoms. The van der Waals surface area contributed by atoms with Crippen LogP contribution in [0.5, 0.6) is 0 Å². The van der Waals surface area contributed by atoms with E-state index >= 15 is 0 Å². The van der Waals surface area contributed by atoms with Gasteiger partial charge in [-0.1, -0.05) is 50.1 Å². The number of hydrogen-bond donors (Lipinski definition) is 1. The fraction of sp³-hybridized carbons (Fsp3) is 0.320. The summed E-state index contributed by atoms with van der Waals surface area (Å²) in [7, 11) is -1.64. The Balaban J connectivity index is 2.01. The van der Waals surface area contributed by atoms with Gasteiger partial charge in [0.2, 0.25) is 11.8 Å². The first-order chi connectivity index (χ1) is 16.3. The van der Waals surface area contributed by atoms with E-state index in [1.807, 2.05) is 18.2 Å². The minimum absolute atomic E-state index is 0.146. The second-order valence-electron chi connectivity index (χ2n) is 7.97. The first kappa shape index (κ1) is 25.6. The average molecular weight is 501 g/mol. The van der Waals surface area contributed by atoms with Crippen molar-refractivity contribution in [1.29, 1.82) is 0 Å². The van der Waals surface area contributed by atoms with Gasteiger partial charge in [0.25, 0.3) is 0 Å². The second kappa shape index (κ2) is 11.4. The smallest absolute Gasteiger partial charge is 0.225 e. The van der Waals surface area contributed by atoms with Crippen molar-refractivity contribution in [1.82, 2.24) is 14.2 Å². The monoisotopic (exact) mass is 500 g/mol. The minimum Gasteiger partial charge on any atom is -0.325 e. The summed E-state index contributed by atoms with van der Waals surface area (Å²) in [5.74, 6) is 0.134. The molecule has 0 saturated heterocycles. The number of nitrogens with one attached hydrogen (secondary N) is 1. The van der Waals surface area contributed by atoms with E-state index < -0.39 is 11.0 Å². The van der Waals surface area contributed by atoms with Crippen LogP contribution in [0.4, 0.5) is 5.69 Å². The standard InChI is InChI=1S/C25H29ClN4O3S/c1-5-7-11-24-21(6-2)25(29(18(4)32)16-19-10-8-9-14-27-19)30(24)34(33)20-12-13-23(22(26)15-20)28-17(3)31/h6,8-10,12-15,24H,2,5,7,11,16H2,1,3-4H3,(H,28,31)/t24-,34?/m0/s1. The van der Waals surface area contributed by atoms with Gasteiger partial charge >= 0.3 is 0 Å². The lowest BCUT2D eigenvalue weighted by molar-refractivity contribution is -0.129. The molecular formula is C25H29ClN4O3S. The Morgan fingerprint density at radius 2 is 2.06 bits per heavy atom. The van der Waals surface area contributed by atoms with Crippen molar-refractivity contribution >= 4 is 40.1 Å². The van der Waals surface area contributed by atoms with Crippen LogP contribution in [0.1, 0.15) is 45.7 Å². The summed E-state index contributed by atoms with van der Waals surface area (Å²) < 4.78 is 15.6. The van der Waals surface area contributed by atoms with Crippen molar-refractivity contribution in [2.45, 2.75) is 57.5 Å². The van der Waals surface area contributed by atoms with Crippen molar-refractivity contribution < 1.29 is 13.8 Å². The van der Waals surface area contributed by atoms with Crippen molar-refractivity contribution in [3.05, 3.63) is 77.4 Å². The molecule has 180 valence electrons. The molecule has 1 aliphatic rings. The van der Waals surface area contributed by atoms with E-state index in [-0.39, 0.29) is 29.4 Å². The number of anilines is 1. The molecule has 7 nitrogen and oxygen atoms in total. The number of aromatic nitrogens is 1. The van der Waals surface area contributed by atoms with Gasteiger partial charge in [-0.15, -0.1) is 0 Å². The average Bonchev–Trinajstić information content (AvgIpc) is 2.79. The summed E-state index contributed by atoms with van der Waals surface area (Å²) in [6, 6.07) is 10.3. The lowest BCUT2D eigenvalue weighted by Gasteiger charge is -2.48. The molecule has 0 aliphatic carbocycles. The highest BCUT2D eigenvalue weighted by molar-refractivity contribution is 7.83. The summed E-state index contributed by atoms with van der Waals surface area (Å²) in [5, 5.41) is 2.94. The number of carbonyl (C=O) groups excluding carboxylic acids is 2. The number of unbranched alkanes of at least 4 members (excludes halogenated alkanes) is 1. The molecule has 1 aromatic carbocycles. The van der Waals surface area contributed by atoms with Crippen LogP contribution in [-0.2, 0) is 27.1 Å². The molecule has 34 heavy (non-hydrogen) atoms. The molecule has 2 heterocycles. The first-order valence-electron chi connectivity index (χ1n) is 11.1. The summed E-state index contributed by atoms with van der Waals surface area (Å²) >= 11 is 6.35. The van der Waals surface area contributed by atoms with Crippen LogP contribution in [0.3, 0.4) is 0 Å². The van der Waals surface area contributed by atoms with Crippen molar-refractivity contribution in [3.63, 3.8) is 0 Å². The maximum Gasteiger partial charge on any atom is 0.225 e. The fourth-order valence-electron chi connectivity index (χ4n) is 3.85. The lowest BCUT2D eigenvalue weighted by Crippen LogP contribution is -2.53. The van der Waals surface area contributed by atoms with E-state index in [0.717, 1.165) is 30.5 Å². The molecule has 0 saturated carbocycles. The normalized spacial score (nSPS) is 16.0. The van der Waals surface area contributed by atoms with Gasteiger partial charge in [0.15, 0.2) is 11.0 Å². The predicted octanol–water partition coefficient (Wildman–Crippen LogP) is 5.04. The maximum absolute atomic E-state index is 13.8. The number of carbonyl (C=O) groups is 2. The Kier molecular flexibility index (Phi) is 8.63. The third-order valence-electron chi connectivity index (χ3n) is 5.47. The second-order valence-corrected chi connectivity index (χ2v) is 9.74. The van der Waals surface area contributed by atoms with E-state index in [4.69, 9.17) is 11.6 Å². The van der Waals surface area contributed by atoms with Gasteiger partial charge in [0.05, 0.1) is 33.9 Å². The predicted molar refractivity (Wildman–Crippen MR) is 135 cm³/mol. The van der Waals surface area contributed by atoms with E-state index in [1.165, 1.54) is 13.8 Å². The highest BCUT2D eigenvalue weighted by Crippen LogP contribution is 2.41. The highest BCUT2D eigenvalue weighted by Gasteiger charge is 2.43. The zero-order valence-corrected chi connectivity index (χ0v) is 21.2. The van der Waals surface area contributed by atoms with E-state index in [1.54, 1.807) is 39.7 Å². The number of pyridine rings is 1. The molecular weight excluding hydrogens is 472 g/mol. The molecule has 1 aromatic heterocycles. The number of nitrogens with zero attached hydrogens (tertiary/aromatic N) is 3. The lowest BCUT2D eigenvalue weighted by atomic mass is 9.94. The van der Waals surface area contributed by atoms with Gasteiger partial charge in [-0.3, -0.25) is 23.8 Å². The Morgan fingerprint density at radius 1 is 1.29 bits per heavy atom. The van der Waals surface area contributed by atoms with Gasteiger partial charge in [-0.25, -0.2) is 4.21 Å². The van der Waals surface area contributed by atoms with Gasteiger partial charge in [-0.2, -0.15) is 0 Å². The van der Waals surface area contributed by atoms with Crippen LogP contribution in [0.15, 0.2) is 71.5 Å². The Morgan fingerprint density at radius 3 is 2.62 bits per heavy atom. The van der Waals surface area contributed by atoms with Gasteiger partial charge in [0, 0.05) is 25.6 Å². The van der Waals surface area contributed by atoms with E-state index in [2.05, 4.69) is 23.8 Å². The van der Waals surface area contributed by atoms with Crippen molar-refractivity contribution in [2.75, 3.05) is 5.32 Å². The fourth-order valence-corrected chi connectivity index (χ4v) is 5.58. The summed E-state index contributed by atoms with van der Waals surface area (Å²) in [4.78, 5) is 30.5. The van der Waals surface area contributed by atoms with Crippen LogP contribution in [-0.4, -0.2) is 36.3 Å². The molecule has 0 bridgehead atoms. The molecule has 2 atom stereocenters. The number of amides is 2. The molecule has 2 amide bonds. The number of benzene rings is 1. The molecule has 1 aliphatic heterocycles. The first-order valence-corrected chi connectivity index (χ1v) is 12.6. The summed E-state index contributed by atoms with van der Waals surface area (Å²) in [6.45, 7) is 9.19. The summed E-state index contributed by atoms with van der Waals surface area (Å²) in [5.41, 5.74) is 2.05. The molecule has 1 unspecified atom stereocenters. The van der Waals surface area contributed by atoms with Crippen molar-refractivity contribution in [3.8, 4) is 0 Å². The number of halogens is 1. The van der Waals surface area contributed by atoms with Gasteiger partial charge < -0.3 is 5.32 Å². The van der Waals surface area contributed by atoms with Crippen LogP contribution in [0.2, 0.25) is 5.02 Å². The number of rotatable bonds is 10. The van der Waals surface area contributed by atoms with Crippen LogP contribution in [0.25, 0.3) is 0 Å². The van der Waals surface area contributed by atoms with Crippen LogP contribution >= 0.6 is 11.6 Å². The Bertz CT molecular complexity index is 1140. The highest BCUT2D eigenvalue weighted by atomic mass is 35.5. The molecule has 2 aromatic rings. The molecule has 0 fully saturated rings. The minimum atomic E-state index is -1.64. The van der Waals surface area contributed by atoms with Gasteiger partial charge in [0.1, 0.15) is 5.82 Å². The maximum atomic E-state index is 13.8. The third-order valence-corrected chi connectivity index (χ3v) is 7.23. The molecule has 0 radical (unpaired) electrons. The Labute approximate surface area is 208 Å². The van der Waals surface area contributed by atoms with Crippen molar-refractivity contribution in [2.24, 2.45) is 0 Å². The topological polar surface area (TPSA) is 82.6 Å². The van der Waals surface area contributed by atoms with Crippen LogP contribution in [0, 0.1) is 0 Å². The van der Waals surface area contributed by atoms with Gasteiger partial charge in [-0.05, 0) is 36.8 Å². The third kappa shape index (κ3) is 5.56. The zero-order valence-electron chi connectivity index (χ0n) is 19.6. The quantitative estimate of drug-likeness (QED) is 0.495. The molecule has 3 rings (SSSR count). The zero-order chi connectivity index (χ0) is 24.8. The number of hydrogen-bond acceptors (Lipinski definition) is 4.